The van der Waals surface area contributed by atoms with Crippen LogP contribution in [0.1, 0.15) is 28.8 Å². The zero-order valence-electron chi connectivity index (χ0n) is 15.6. The number of nitrogens with zero attached hydrogens (tertiary/aromatic N) is 2. The van der Waals surface area contributed by atoms with E-state index in [1.54, 1.807) is 41.6 Å². The maximum absolute atomic E-state index is 12.3. The highest BCUT2D eigenvalue weighted by Crippen LogP contribution is 2.17. The molecule has 0 atom stereocenters. The molecule has 3 amide bonds. The number of aromatic nitrogens is 1. The maximum atomic E-state index is 12.3. The van der Waals surface area contributed by atoms with Crippen molar-refractivity contribution in [2.24, 2.45) is 5.92 Å². The highest BCUT2D eigenvalue weighted by Gasteiger charge is 2.27. The van der Waals surface area contributed by atoms with E-state index in [4.69, 9.17) is 0 Å². The summed E-state index contributed by atoms with van der Waals surface area (Å²) in [6.45, 7) is 1.49. The van der Waals surface area contributed by atoms with Crippen molar-refractivity contribution in [2.75, 3.05) is 19.6 Å². The van der Waals surface area contributed by atoms with Crippen LogP contribution in [-0.2, 0) is 16.1 Å². The van der Waals surface area contributed by atoms with Gasteiger partial charge in [0, 0.05) is 43.5 Å². The van der Waals surface area contributed by atoms with E-state index in [2.05, 4.69) is 15.6 Å². The van der Waals surface area contributed by atoms with Crippen LogP contribution in [-0.4, -0.2) is 47.2 Å². The zero-order valence-corrected chi connectivity index (χ0v) is 15.6. The lowest BCUT2D eigenvalue weighted by Crippen LogP contribution is -2.46. The fourth-order valence-corrected chi connectivity index (χ4v) is 3.18. The Balaban J connectivity index is 1.39. The minimum atomic E-state index is -0.265. The number of rotatable bonds is 6. The molecule has 0 spiro atoms. The summed E-state index contributed by atoms with van der Waals surface area (Å²) in [4.78, 5) is 42.3. The number of nitrogens with one attached hydrogen (secondary N) is 2. The quantitative estimate of drug-likeness (QED) is 0.792. The summed E-state index contributed by atoms with van der Waals surface area (Å²) in [5.41, 5.74) is 1.53. The van der Waals surface area contributed by atoms with E-state index in [0.29, 0.717) is 38.0 Å². The Morgan fingerprint density at radius 3 is 2.32 bits per heavy atom. The normalized spacial score (nSPS) is 14.4. The van der Waals surface area contributed by atoms with Gasteiger partial charge in [0.05, 0.1) is 6.54 Å². The second-order valence-corrected chi connectivity index (χ2v) is 6.78. The molecule has 1 aromatic heterocycles. The maximum Gasteiger partial charge on any atom is 0.251 e. The van der Waals surface area contributed by atoms with Crippen molar-refractivity contribution in [3.63, 3.8) is 0 Å². The lowest BCUT2D eigenvalue weighted by Gasteiger charge is -2.31. The Morgan fingerprint density at radius 1 is 0.964 bits per heavy atom. The van der Waals surface area contributed by atoms with E-state index in [0.717, 1.165) is 5.56 Å². The molecule has 7 heteroatoms. The van der Waals surface area contributed by atoms with Crippen LogP contribution < -0.4 is 10.6 Å². The van der Waals surface area contributed by atoms with E-state index in [9.17, 15) is 14.4 Å². The van der Waals surface area contributed by atoms with E-state index >= 15 is 0 Å². The van der Waals surface area contributed by atoms with Gasteiger partial charge in [0.25, 0.3) is 5.91 Å². The van der Waals surface area contributed by atoms with E-state index in [-0.39, 0.29) is 30.2 Å². The van der Waals surface area contributed by atoms with Gasteiger partial charge in [-0.3, -0.25) is 19.4 Å². The predicted molar refractivity (Wildman–Crippen MR) is 104 cm³/mol. The average molecular weight is 380 g/mol. The van der Waals surface area contributed by atoms with Crippen LogP contribution in [0, 0.1) is 5.92 Å². The molecule has 2 aromatic rings. The first kappa shape index (κ1) is 19.5. The number of hydrogen-bond donors (Lipinski definition) is 2. The van der Waals surface area contributed by atoms with Crippen molar-refractivity contribution in [1.29, 1.82) is 0 Å². The Kier molecular flexibility index (Phi) is 6.73. The first-order chi connectivity index (χ1) is 13.6. The molecular formula is C21H24N4O3. The van der Waals surface area contributed by atoms with Gasteiger partial charge in [-0.1, -0.05) is 18.2 Å². The van der Waals surface area contributed by atoms with Gasteiger partial charge in [-0.05, 0) is 42.7 Å². The van der Waals surface area contributed by atoms with Gasteiger partial charge in [-0.15, -0.1) is 0 Å². The second-order valence-electron chi connectivity index (χ2n) is 6.78. The first-order valence-corrected chi connectivity index (χ1v) is 9.41. The molecule has 1 aliphatic heterocycles. The molecule has 1 saturated heterocycles. The van der Waals surface area contributed by atoms with E-state index < -0.39 is 0 Å². The molecule has 0 radical (unpaired) electrons. The summed E-state index contributed by atoms with van der Waals surface area (Å²) in [5.74, 6) is -0.467. The topological polar surface area (TPSA) is 91.4 Å². The highest BCUT2D eigenvalue weighted by molar-refractivity contribution is 5.96. The van der Waals surface area contributed by atoms with Crippen LogP contribution in [0.25, 0.3) is 0 Å². The second kappa shape index (κ2) is 9.64. The Labute approximate surface area is 164 Å². The van der Waals surface area contributed by atoms with Gasteiger partial charge in [0.15, 0.2) is 0 Å². The number of likely N-dealkylation sites (tertiary alicyclic amines) is 1. The summed E-state index contributed by atoms with van der Waals surface area (Å²) in [7, 11) is 0. The lowest BCUT2D eigenvalue weighted by molar-refractivity contribution is -0.134. The zero-order chi connectivity index (χ0) is 19.8. The van der Waals surface area contributed by atoms with Crippen LogP contribution in [0.4, 0.5) is 0 Å². The van der Waals surface area contributed by atoms with Gasteiger partial charge < -0.3 is 15.5 Å². The van der Waals surface area contributed by atoms with Crippen molar-refractivity contribution < 1.29 is 14.4 Å². The van der Waals surface area contributed by atoms with Crippen molar-refractivity contribution in [3.8, 4) is 0 Å². The molecule has 3 rings (SSSR count). The van der Waals surface area contributed by atoms with Gasteiger partial charge in [-0.2, -0.15) is 0 Å². The number of carbonyl (C=O) groups is 3. The number of benzene rings is 1. The third kappa shape index (κ3) is 5.39. The number of piperidine rings is 1. The van der Waals surface area contributed by atoms with Gasteiger partial charge >= 0.3 is 0 Å². The monoisotopic (exact) mass is 380 g/mol. The lowest BCUT2D eigenvalue weighted by atomic mass is 9.95. The third-order valence-corrected chi connectivity index (χ3v) is 4.87. The summed E-state index contributed by atoms with van der Waals surface area (Å²) in [5, 5.41) is 5.60. The summed E-state index contributed by atoms with van der Waals surface area (Å²) >= 11 is 0. The van der Waals surface area contributed by atoms with Crippen LogP contribution in [0.2, 0.25) is 0 Å². The SMILES string of the molecule is O=C(NCC(=O)N1CCC(C(=O)NCc2ccncc2)CC1)c1ccccc1. The number of carbonyl (C=O) groups excluding carboxylic acids is 3. The predicted octanol–water partition coefficient (Wildman–Crippen LogP) is 1.37. The molecule has 2 heterocycles. The van der Waals surface area contributed by atoms with Crippen LogP contribution >= 0.6 is 0 Å². The molecule has 2 N–H and O–H groups in total. The molecule has 1 aliphatic rings. The first-order valence-electron chi connectivity index (χ1n) is 9.41. The van der Waals surface area contributed by atoms with E-state index in [1.165, 1.54) is 0 Å². The molecule has 28 heavy (non-hydrogen) atoms. The highest BCUT2D eigenvalue weighted by atomic mass is 16.2. The number of hydrogen-bond acceptors (Lipinski definition) is 4. The summed E-state index contributed by atoms with van der Waals surface area (Å²) < 4.78 is 0. The Morgan fingerprint density at radius 2 is 1.64 bits per heavy atom. The van der Waals surface area contributed by atoms with Crippen molar-refractivity contribution >= 4 is 17.7 Å². The fraction of sp³-hybridized carbons (Fsp3) is 0.333. The van der Waals surface area contributed by atoms with Crippen molar-refractivity contribution in [2.45, 2.75) is 19.4 Å². The molecule has 1 aromatic carbocycles. The van der Waals surface area contributed by atoms with Crippen molar-refractivity contribution in [3.05, 3.63) is 66.0 Å². The molecule has 0 saturated carbocycles. The molecule has 0 aliphatic carbocycles. The molecule has 0 bridgehead atoms. The van der Waals surface area contributed by atoms with Gasteiger partial charge in [0.1, 0.15) is 0 Å². The molecule has 7 nitrogen and oxygen atoms in total. The van der Waals surface area contributed by atoms with Crippen LogP contribution in [0.5, 0.6) is 0 Å². The smallest absolute Gasteiger partial charge is 0.251 e. The molecule has 0 unspecified atom stereocenters. The fourth-order valence-electron chi connectivity index (χ4n) is 3.18. The number of amides is 3. The molecule has 1 fully saturated rings. The number of pyridine rings is 1. The third-order valence-electron chi connectivity index (χ3n) is 4.87. The minimum absolute atomic E-state index is 0.0151. The van der Waals surface area contributed by atoms with Gasteiger partial charge in [0.2, 0.25) is 11.8 Å². The summed E-state index contributed by atoms with van der Waals surface area (Å²) in [6, 6.07) is 12.5. The van der Waals surface area contributed by atoms with Gasteiger partial charge in [-0.25, -0.2) is 0 Å². The standard InChI is InChI=1S/C21H24N4O3/c26-19(15-24-20(27)17-4-2-1-3-5-17)25-12-8-18(9-13-25)21(28)23-14-16-6-10-22-11-7-16/h1-7,10-11,18H,8-9,12-15H2,(H,23,28)(H,24,27). The Bertz CT molecular complexity index is 803. The van der Waals surface area contributed by atoms with Crippen molar-refractivity contribution in [1.82, 2.24) is 20.5 Å². The Hall–Kier alpha value is -3.22. The van der Waals surface area contributed by atoms with E-state index in [1.807, 2.05) is 18.2 Å². The average Bonchev–Trinajstić information content (AvgIpc) is 2.77. The molecule has 146 valence electrons. The molecular weight excluding hydrogens is 356 g/mol. The van der Waals surface area contributed by atoms with Crippen LogP contribution in [0.3, 0.4) is 0 Å². The summed E-state index contributed by atoms with van der Waals surface area (Å²) in [6.07, 6.45) is 4.64. The minimum Gasteiger partial charge on any atom is -0.352 e. The van der Waals surface area contributed by atoms with Crippen LogP contribution in [0.15, 0.2) is 54.9 Å². The largest absolute Gasteiger partial charge is 0.352 e.